The molecular formula is C17H30N2. The van der Waals surface area contributed by atoms with Crippen LogP contribution in [0.2, 0.25) is 0 Å². The highest BCUT2D eigenvalue weighted by molar-refractivity contribution is 5.11. The first kappa shape index (κ1) is 14.9. The Balaban J connectivity index is 1.99. The van der Waals surface area contributed by atoms with Gasteiger partial charge in [-0.05, 0) is 43.9 Å². The molecule has 2 nitrogen and oxygen atoms in total. The van der Waals surface area contributed by atoms with Crippen LogP contribution in [0.1, 0.15) is 78.1 Å². The van der Waals surface area contributed by atoms with Gasteiger partial charge in [-0.3, -0.25) is 5.32 Å². The van der Waals surface area contributed by atoms with E-state index in [-0.39, 0.29) is 5.54 Å². The van der Waals surface area contributed by atoms with Crippen molar-refractivity contribution in [1.82, 2.24) is 5.32 Å². The summed E-state index contributed by atoms with van der Waals surface area (Å²) < 4.78 is 0. The molecule has 108 valence electrons. The Hall–Kier alpha value is -0.550. The lowest BCUT2D eigenvalue weighted by Crippen LogP contribution is -2.52. The zero-order chi connectivity index (χ0) is 13.7. The summed E-state index contributed by atoms with van der Waals surface area (Å²) in [6, 6.07) is 3.25. The Kier molecular flexibility index (Phi) is 5.28. The van der Waals surface area contributed by atoms with Crippen LogP contribution in [0.15, 0.2) is 0 Å². The predicted octanol–water partition coefficient (Wildman–Crippen LogP) is 4.41. The average Bonchev–Trinajstić information content (AvgIpc) is 2.67. The van der Waals surface area contributed by atoms with E-state index < -0.39 is 0 Å². The van der Waals surface area contributed by atoms with Crippen molar-refractivity contribution in [1.29, 1.82) is 5.26 Å². The summed E-state index contributed by atoms with van der Waals surface area (Å²) in [5.74, 6) is 1.44. The maximum Gasteiger partial charge on any atom is 0.107 e. The van der Waals surface area contributed by atoms with Crippen molar-refractivity contribution in [3.05, 3.63) is 0 Å². The second kappa shape index (κ2) is 6.75. The third-order valence-electron chi connectivity index (χ3n) is 5.28. The average molecular weight is 262 g/mol. The van der Waals surface area contributed by atoms with Gasteiger partial charge in [-0.25, -0.2) is 0 Å². The smallest absolute Gasteiger partial charge is 0.107 e. The van der Waals surface area contributed by atoms with Crippen molar-refractivity contribution in [2.75, 3.05) is 0 Å². The summed E-state index contributed by atoms with van der Waals surface area (Å²) in [6.45, 7) is 4.62. The lowest BCUT2D eigenvalue weighted by Gasteiger charge is -2.40. The van der Waals surface area contributed by atoms with E-state index in [1.54, 1.807) is 0 Å². The third kappa shape index (κ3) is 3.96. The van der Waals surface area contributed by atoms with Crippen molar-refractivity contribution in [2.45, 2.75) is 89.6 Å². The summed E-state index contributed by atoms with van der Waals surface area (Å²) in [4.78, 5) is 0. The Morgan fingerprint density at radius 1 is 1.05 bits per heavy atom. The van der Waals surface area contributed by atoms with Crippen LogP contribution < -0.4 is 5.32 Å². The topological polar surface area (TPSA) is 35.8 Å². The maximum absolute atomic E-state index is 9.73. The minimum Gasteiger partial charge on any atom is -0.297 e. The van der Waals surface area contributed by atoms with Gasteiger partial charge < -0.3 is 0 Å². The fourth-order valence-electron chi connectivity index (χ4n) is 3.97. The lowest BCUT2D eigenvalue weighted by atomic mass is 9.72. The fourth-order valence-corrected chi connectivity index (χ4v) is 3.97. The molecule has 0 heterocycles. The molecule has 0 spiro atoms. The van der Waals surface area contributed by atoms with Gasteiger partial charge in [0.25, 0.3) is 0 Å². The highest BCUT2D eigenvalue weighted by atomic mass is 15.0. The predicted molar refractivity (Wildman–Crippen MR) is 79.8 cm³/mol. The van der Waals surface area contributed by atoms with E-state index >= 15 is 0 Å². The molecule has 2 aliphatic rings. The van der Waals surface area contributed by atoms with Crippen LogP contribution in [0.4, 0.5) is 0 Å². The molecular weight excluding hydrogens is 232 g/mol. The van der Waals surface area contributed by atoms with E-state index in [0.29, 0.717) is 12.0 Å². The molecule has 2 unspecified atom stereocenters. The molecule has 2 fully saturated rings. The number of hydrogen-bond donors (Lipinski definition) is 1. The van der Waals surface area contributed by atoms with Crippen molar-refractivity contribution in [2.24, 2.45) is 11.8 Å². The molecule has 0 saturated heterocycles. The zero-order valence-corrected chi connectivity index (χ0v) is 12.8. The molecule has 2 rings (SSSR count). The van der Waals surface area contributed by atoms with Gasteiger partial charge in [0.05, 0.1) is 6.07 Å². The van der Waals surface area contributed by atoms with Gasteiger partial charge >= 0.3 is 0 Å². The molecule has 1 N–H and O–H groups in total. The van der Waals surface area contributed by atoms with Gasteiger partial charge in [-0.15, -0.1) is 0 Å². The van der Waals surface area contributed by atoms with E-state index in [0.717, 1.165) is 18.8 Å². The van der Waals surface area contributed by atoms with Crippen molar-refractivity contribution in [3.63, 3.8) is 0 Å². The lowest BCUT2D eigenvalue weighted by molar-refractivity contribution is 0.172. The number of hydrogen-bond acceptors (Lipinski definition) is 2. The van der Waals surface area contributed by atoms with Crippen LogP contribution in [-0.2, 0) is 0 Å². The molecule has 2 atom stereocenters. The van der Waals surface area contributed by atoms with Gasteiger partial charge in [0, 0.05) is 6.04 Å². The minimum atomic E-state index is -0.220. The normalized spacial score (nSPS) is 33.9. The standard InChI is InChI=1S/C17H30N2/c1-14(2)15-8-7-11-17(12-15,13-18)19-16-9-5-3-4-6-10-16/h14-16,19H,3-12H2,1-2H3. The van der Waals surface area contributed by atoms with Gasteiger partial charge in [-0.1, -0.05) is 46.0 Å². The summed E-state index contributed by atoms with van der Waals surface area (Å²) in [5.41, 5.74) is -0.220. The molecule has 0 aromatic heterocycles. The number of nitrogens with zero attached hydrogens (tertiary/aromatic N) is 1. The van der Waals surface area contributed by atoms with E-state index in [4.69, 9.17) is 0 Å². The van der Waals surface area contributed by atoms with E-state index in [9.17, 15) is 5.26 Å². The number of rotatable bonds is 3. The number of nitrogens with one attached hydrogen (secondary N) is 1. The summed E-state index contributed by atoms with van der Waals surface area (Å²) in [6.07, 6.45) is 12.6. The summed E-state index contributed by atoms with van der Waals surface area (Å²) in [7, 11) is 0. The molecule has 0 amide bonds. The molecule has 0 bridgehead atoms. The number of nitriles is 1. The maximum atomic E-state index is 9.73. The molecule has 0 aromatic carbocycles. The van der Waals surface area contributed by atoms with Crippen LogP contribution in [0, 0.1) is 23.2 Å². The SMILES string of the molecule is CC(C)C1CCCC(C#N)(NC2CCCCCC2)C1. The summed E-state index contributed by atoms with van der Waals surface area (Å²) in [5, 5.41) is 13.5. The molecule has 2 saturated carbocycles. The van der Waals surface area contributed by atoms with Crippen LogP contribution in [0.25, 0.3) is 0 Å². The largest absolute Gasteiger partial charge is 0.297 e. The molecule has 0 radical (unpaired) electrons. The first-order chi connectivity index (χ1) is 9.15. The molecule has 2 heteroatoms. The van der Waals surface area contributed by atoms with E-state index in [2.05, 4.69) is 25.2 Å². The van der Waals surface area contributed by atoms with E-state index in [1.807, 2.05) is 0 Å². The molecule has 19 heavy (non-hydrogen) atoms. The monoisotopic (exact) mass is 262 g/mol. The molecule has 0 aliphatic heterocycles. The third-order valence-corrected chi connectivity index (χ3v) is 5.28. The van der Waals surface area contributed by atoms with Gasteiger partial charge in [0.1, 0.15) is 5.54 Å². The quantitative estimate of drug-likeness (QED) is 0.765. The molecule has 2 aliphatic carbocycles. The Bertz CT molecular complexity index is 310. The molecule has 0 aromatic rings. The Morgan fingerprint density at radius 2 is 1.74 bits per heavy atom. The highest BCUT2D eigenvalue weighted by Gasteiger charge is 2.38. The first-order valence-electron chi connectivity index (χ1n) is 8.34. The zero-order valence-electron chi connectivity index (χ0n) is 12.8. The van der Waals surface area contributed by atoms with Crippen LogP contribution in [-0.4, -0.2) is 11.6 Å². The van der Waals surface area contributed by atoms with Gasteiger partial charge in [0.15, 0.2) is 0 Å². The van der Waals surface area contributed by atoms with Crippen LogP contribution in [0.5, 0.6) is 0 Å². The van der Waals surface area contributed by atoms with Gasteiger partial charge in [0.2, 0.25) is 0 Å². The van der Waals surface area contributed by atoms with E-state index in [1.165, 1.54) is 51.4 Å². The Labute approximate surface area is 119 Å². The van der Waals surface area contributed by atoms with Crippen LogP contribution in [0.3, 0.4) is 0 Å². The van der Waals surface area contributed by atoms with Crippen molar-refractivity contribution < 1.29 is 0 Å². The summed E-state index contributed by atoms with van der Waals surface area (Å²) >= 11 is 0. The fraction of sp³-hybridized carbons (Fsp3) is 0.941. The van der Waals surface area contributed by atoms with Gasteiger partial charge in [-0.2, -0.15) is 5.26 Å². The second-order valence-corrected chi connectivity index (χ2v) is 7.13. The van der Waals surface area contributed by atoms with Crippen molar-refractivity contribution >= 4 is 0 Å². The second-order valence-electron chi connectivity index (χ2n) is 7.13. The van der Waals surface area contributed by atoms with Crippen LogP contribution >= 0.6 is 0 Å². The first-order valence-corrected chi connectivity index (χ1v) is 8.34. The Morgan fingerprint density at radius 3 is 2.32 bits per heavy atom. The van der Waals surface area contributed by atoms with Crippen molar-refractivity contribution in [3.8, 4) is 6.07 Å². The minimum absolute atomic E-state index is 0.220. The highest BCUT2D eigenvalue weighted by Crippen LogP contribution is 2.37.